The second-order valence-electron chi connectivity index (χ2n) is 14.2. The van der Waals surface area contributed by atoms with Crippen molar-refractivity contribution < 1.29 is 38.1 Å². The highest BCUT2D eigenvalue weighted by atomic mass is 16.6. The van der Waals surface area contributed by atoms with Crippen LogP contribution in [0.4, 0.5) is 0 Å². The van der Waals surface area contributed by atoms with Gasteiger partial charge in [0.1, 0.15) is 17.4 Å². The number of carbonyl (C=O) groups is 4. The molecule has 1 saturated carbocycles. The van der Waals surface area contributed by atoms with E-state index in [0.717, 1.165) is 25.7 Å². The van der Waals surface area contributed by atoms with Crippen LogP contribution in [0.1, 0.15) is 99.3 Å². The number of carbonyl (C=O) groups excluding carboxylic acids is 4. The Morgan fingerprint density at radius 1 is 1.09 bits per heavy atom. The maximum Gasteiger partial charge on any atom is 0.328 e. The topological polar surface area (TPSA) is 127 Å². The Bertz CT molecular complexity index is 1090. The van der Waals surface area contributed by atoms with Crippen molar-refractivity contribution in [3.05, 3.63) is 11.6 Å². The normalized spacial score (nSPS) is 33.2. The predicted molar refractivity (Wildman–Crippen MR) is 160 cm³/mol. The largest absolute Gasteiger partial charge is 0.464 e. The number of amides is 2. The number of esters is 1. The summed E-state index contributed by atoms with van der Waals surface area (Å²) in [6.45, 7) is 13.1. The summed E-state index contributed by atoms with van der Waals surface area (Å²) < 4.78 is 23.8. The minimum Gasteiger partial charge on any atom is -0.464 e. The predicted octanol–water partition coefficient (Wildman–Crippen LogP) is 3.89. The standard InChI is InChI=1S/C33H52N2O8/c1-21(2)12-14-25-32(6,43-25)29-28(40-7)22(16-17-33(29)20-42-33)34-26(37)11-9-19-41-30(39)23-10-8-18-35(23)27(38)15-13-24(36)31(3,4)5/h12,22-23,25,28-29H,8-11,13-20H2,1-7H3,(H,34,37)/t22-,23?,25-,28-,29-,32+,33+/m1/s1. The zero-order valence-corrected chi connectivity index (χ0v) is 27.2. The monoisotopic (exact) mass is 604 g/mol. The third-order valence-corrected chi connectivity index (χ3v) is 9.68. The molecule has 2 amide bonds. The average molecular weight is 605 g/mol. The molecule has 3 saturated heterocycles. The van der Waals surface area contributed by atoms with Crippen molar-refractivity contribution in [3.63, 3.8) is 0 Å². The highest BCUT2D eigenvalue weighted by Gasteiger charge is 2.71. The Morgan fingerprint density at radius 2 is 1.81 bits per heavy atom. The molecule has 1 unspecified atom stereocenters. The lowest BCUT2D eigenvalue weighted by molar-refractivity contribution is -0.153. The maximum atomic E-state index is 12.9. The van der Waals surface area contributed by atoms with Gasteiger partial charge in [0.2, 0.25) is 11.8 Å². The third-order valence-electron chi connectivity index (χ3n) is 9.68. The summed E-state index contributed by atoms with van der Waals surface area (Å²) >= 11 is 0. The van der Waals surface area contributed by atoms with Gasteiger partial charge in [0.05, 0.1) is 37.1 Å². The quantitative estimate of drug-likeness (QED) is 0.145. The fourth-order valence-corrected chi connectivity index (χ4v) is 6.97. The van der Waals surface area contributed by atoms with Gasteiger partial charge in [-0.05, 0) is 59.3 Å². The first-order valence-corrected chi connectivity index (χ1v) is 16.0. The lowest BCUT2D eigenvalue weighted by atomic mass is 9.67. The molecular weight excluding hydrogens is 552 g/mol. The highest BCUT2D eigenvalue weighted by molar-refractivity contribution is 5.90. The molecule has 0 radical (unpaired) electrons. The van der Waals surface area contributed by atoms with Crippen molar-refractivity contribution in [1.29, 1.82) is 0 Å². The van der Waals surface area contributed by atoms with Crippen LogP contribution in [0.3, 0.4) is 0 Å². The SMILES string of the molecule is CO[C@@H]1[C@H](NC(=O)CCCOC(=O)C2CCCN2C(=O)CCC(=O)C(C)(C)C)CC[C@]2(CO2)[C@H]1[C@@]1(C)O[C@@H]1CC=C(C)C. The number of hydrogen-bond acceptors (Lipinski definition) is 8. The first kappa shape index (κ1) is 33.6. The molecule has 4 rings (SSSR count). The molecule has 3 heterocycles. The summed E-state index contributed by atoms with van der Waals surface area (Å²) in [4.78, 5) is 52.2. The number of rotatable bonds is 13. The van der Waals surface area contributed by atoms with Gasteiger partial charge in [-0.1, -0.05) is 32.4 Å². The van der Waals surface area contributed by atoms with Crippen molar-refractivity contribution in [1.82, 2.24) is 10.2 Å². The maximum absolute atomic E-state index is 12.9. The smallest absolute Gasteiger partial charge is 0.328 e. The number of allylic oxidation sites excluding steroid dienone is 1. The molecule has 1 spiro atoms. The minimum atomic E-state index is -0.628. The molecule has 7 atom stereocenters. The molecule has 242 valence electrons. The molecule has 1 aliphatic carbocycles. The van der Waals surface area contributed by atoms with E-state index < -0.39 is 17.4 Å². The van der Waals surface area contributed by atoms with Crippen molar-refractivity contribution in [2.45, 2.75) is 135 Å². The first-order valence-electron chi connectivity index (χ1n) is 16.0. The van der Waals surface area contributed by atoms with Crippen LogP contribution in [0.5, 0.6) is 0 Å². The van der Waals surface area contributed by atoms with E-state index in [1.807, 2.05) is 20.8 Å². The van der Waals surface area contributed by atoms with Crippen LogP contribution in [-0.2, 0) is 38.1 Å². The van der Waals surface area contributed by atoms with Crippen LogP contribution in [0.15, 0.2) is 11.6 Å². The van der Waals surface area contributed by atoms with Gasteiger partial charge in [0.15, 0.2) is 0 Å². The lowest BCUT2D eigenvalue weighted by Crippen LogP contribution is -2.59. The van der Waals surface area contributed by atoms with E-state index in [-0.39, 0.29) is 78.8 Å². The van der Waals surface area contributed by atoms with Crippen LogP contribution in [0.2, 0.25) is 0 Å². The van der Waals surface area contributed by atoms with Gasteiger partial charge in [-0.25, -0.2) is 4.79 Å². The molecule has 43 heavy (non-hydrogen) atoms. The van der Waals surface area contributed by atoms with Gasteiger partial charge in [-0.2, -0.15) is 0 Å². The summed E-state index contributed by atoms with van der Waals surface area (Å²) in [6, 6.07) is -0.788. The zero-order chi connectivity index (χ0) is 31.6. The van der Waals surface area contributed by atoms with E-state index in [4.69, 9.17) is 18.9 Å². The van der Waals surface area contributed by atoms with Crippen LogP contribution in [-0.4, -0.2) is 90.8 Å². The van der Waals surface area contributed by atoms with Gasteiger partial charge in [-0.15, -0.1) is 0 Å². The second-order valence-corrected chi connectivity index (χ2v) is 14.2. The van der Waals surface area contributed by atoms with Crippen LogP contribution < -0.4 is 5.32 Å². The van der Waals surface area contributed by atoms with Crippen molar-refractivity contribution >= 4 is 23.6 Å². The van der Waals surface area contributed by atoms with E-state index in [0.29, 0.717) is 26.0 Å². The lowest BCUT2D eigenvalue weighted by Gasteiger charge is -2.43. The molecule has 10 heteroatoms. The molecule has 3 aliphatic heterocycles. The average Bonchev–Trinajstić information content (AvgIpc) is 3.79. The molecule has 0 aromatic rings. The van der Waals surface area contributed by atoms with Crippen LogP contribution in [0.25, 0.3) is 0 Å². The Balaban J connectivity index is 1.22. The van der Waals surface area contributed by atoms with Crippen LogP contribution >= 0.6 is 0 Å². The summed E-state index contributed by atoms with van der Waals surface area (Å²) in [5, 5.41) is 3.17. The van der Waals surface area contributed by atoms with E-state index in [1.54, 1.807) is 12.0 Å². The molecular formula is C33H52N2O8. The fraction of sp³-hybridized carbons (Fsp3) is 0.818. The molecule has 0 bridgehead atoms. The summed E-state index contributed by atoms with van der Waals surface area (Å²) in [5.41, 5.74) is 0.155. The molecule has 4 aliphatic rings. The highest BCUT2D eigenvalue weighted by Crippen LogP contribution is 2.59. The number of ketones is 1. The fourth-order valence-electron chi connectivity index (χ4n) is 6.97. The van der Waals surface area contributed by atoms with Gasteiger partial charge < -0.3 is 29.2 Å². The number of likely N-dealkylation sites (tertiary alicyclic amines) is 1. The number of nitrogens with one attached hydrogen (secondary N) is 1. The summed E-state index contributed by atoms with van der Waals surface area (Å²) in [5.74, 6) is -0.708. The van der Waals surface area contributed by atoms with Gasteiger partial charge >= 0.3 is 5.97 Å². The summed E-state index contributed by atoms with van der Waals surface area (Å²) in [7, 11) is 1.69. The Hall–Kier alpha value is -2.30. The van der Waals surface area contributed by atoms with Crippen molar-refractivity contribution in [3.8, 4) is 0 Å². The van der Waals surface area contributed by atoms with Crippen molar-refractivity contribution in [2.24, 2.45) is 11.3 Å². The van der Waals surface area contributed by atoms with Crippen molar-refractivity contribution in [2.75, 3.05) is 26.9 Å². The molecule has 1 N–H and O–H groups in total. The van der Waals surface area contributed by atoms with E-state index in [2.05, 4.69) is 32.2 Å². The Morgan fingerprint density at radius 3 is 2.44 bits per heavy atom. The Labute approximate surface area is 256 Å². The van der Waals surface area contributed by atoms with E-state index in [1.165, 1.54) is 5.57 Å². The second kappa shape index (κ2) is 13.4. The van der Waals surface area contributed by atoms with E-state index in [9.17, 15) is 19.2 Å². The molecule has 0 aromatic carbocycles. The number of methoxy groups -OCH3 is 1. The third kappa shape index (κ3) is 7.87. The zero-order valence-electron chi connectivity index (χ0n) is 27.2. The van der Waals surface area contributed by atoms with Gasteiger partial charge in [-0.3, -0.25) is 14.4 Å². The number of Topliss-reactive ketones (excluding diaryl/α,β-unsaturated/α-hetero) is 1. The van der Waals surface area contributed by atoms with Gasteiger partial charge in [0.25, 0.3) is 0 Å². The number of nitrogens with zero attached hydrogens (tertiary/aromatic N) is 1. The molecule has 0 aromatic heterocycles. The number of hydrogen-bond donors (Lipinski definition) is 1. The molecule has 4 fully saturated rings. The van der Waals surface area contributed by atoms with Crippen LogP contribution in [0, 0.1) is 11.3 Å². The minimum absolute atomic E-state index is 0.0178. The summed E-state index contributed by atoms with van der Waals surface area (Å²) in [6.07, 6.45) is 6.64. The first-order chi connectivity index (χ1) is 20.2. The number of ether oxygens (including phenoxy) is 4. The Kier molecular flexibility index (Phi) is 10.4. The number of epoxide rings is 2. The molecule has 10 nitrogen and oxygen atoms in total. The van der Waals surface area contributed by atoms with Gasteiger partial charge in [0, 0.05) is 44.2 Å². The van der Waals surface area contributed by atoms with E-state index >= 15 is 0 Å².